The summed E-state index contributed by atoms with van der Waals surface area (Å²) < 4.78 is 62.6. The van der Waals surface area contributed by atoms with Crippen molar-refractivity contribution in [3.05, 3.63) is 34.9 Å². The summed E-state index contributed by atoms with van der Waals surface area (Å²) in [6, 6.07) is 1.05. The van der Waals surface area contributed by atoms with Crippen LogP contribution in [0.2, 0.25) is 0 Å². The van der Waals surface area contributed by atoms with Crippen LogP contribution in [0.1, 0.15) is 11.7 Å². The molecule has 0 saturated carbocycles. The molecule has 0 aliphatic heterocycles. The predicted molar refractivity (Wildman–Crippen MR) is 35.7 cm³/mol. The van der Waals surface area contributed by atoms with Gasteiger partial charge in [-0.05, 0) is 6.07 Å². The Kier molecular flexibility index (Phi) is 2.70. The third-order valence-corrected chi connectivity index (χ3v) is 1.52. The van der Waals surface area contributed by atoms with E-state index >= 15 is 0 Å². The molecule has 0 aliphatic rings. The molecule has 14 heavy (non-hydrogen) atoms. The van der Waals surface area contributed by atoms with E-state index in [9.17, 15) is 22.0 Å². The molecule has 74 valence electrons. The van der Waals surface area contributed by atoms with Crippen molar-refractivity contribution in [2.75, 3.05) is 0 Å². The van der Waals surface area contributed by atoms with E-state index in [4.69, 9.17) is 5.26 Å². The Morgan fingerprint density at radius 1 is 1.07 bits per heavy atom. The molecule has 0 saturated heterocycles. The van der Waals surface area contributed by atoms with Crippen LogP contribution in [0.15, 0.2) is 6.07 Å². The molecular formula is C8H2F5N. The number of benzene rings is 1. The topological polar surface area (TPSA) is 23.8 Å². The predicted octanol–water partition coefficient (Wildman–Crippen LogP) is 2.78. The molecule has 1 atom stereocenters. The summed E-state index contributed by atoms with van der Waals surface area (Å²) in [5.74, 6) is -7.79. The molecule has 0 N–H and O–H groups in total. The van der Waals surface area contributed by atoms with Crippen molar-refractivity contribution in [1.82, 2.24) is 0 Å². The largest absolute Gasteiger partial charge is 0.226 e. The first-order chi connectivity index (χ1) is 6.49. The molecule has 1 aromatic carbocycles. The van der Waals surface area contributed by atoms with E-state index in [0.717, 1.165) is 6.07 Å². The molecule has 0 amide bonds. The number of hydrogen-bond acceptors (Lipinski definition) is 1. The van der Waals surface area contributed by atoms with E-state index in [1.54, 1.807) is 0 Å². The molecule has 1 nitrogen and oxygen atoms in total. The molecule has 6 heteroatoms. The van der Waals surface area contributed by atoms with Crippen LogP contribution in [0.5, 0.6) is 0 Å². The smallest absolute Gasteiger partial charge is 0.214 e. The van der Waals surface area contributed by atoms with Gasteiger partial charge in [0.05, 0.1) is 0 Å². The molecule has 0 bridgehead atoms. The maximum atomic E-state index is 12.7. The van der Waals surface area contributed by atoms with Gasteiger partial charge in [0.25, 0.3) is 0 Å². The van der Waals surface area contributed by atoms with Crippen LogP contribution in [-0.4, -0.2) is 0 Å². The monoisotopic (exact) mass is 207 g/mol. The fraction of sp³-hybridized carbons (Fsp3) is 0.125. The van der Waals surface area contributed by atoms with E-state index < -0.39 is 35.0 Å². The highest BCUT2D eigenvalue weighted by Crippen LogP contribution is 2.25. The van der Waals surface area contributed by atoms with E-state index in [0.29, 0.717) is 0 Å². The Balaban J connectivity index is 3.42. The van der Waals surface area contributed by atoms with Gasteiger partial charge in [0.2, 0.25) is 6.17 Å². The van der Waals surface area contributed by atoms with Crippen LogP contribution < -0.4 is 0 Å². The Labute approximate surface area is 75.4 Å². The van der Waals surface area contributed by atoms with Crippen molar-refractivity contribution >= 4 is 0 Å². The number of hydrogen-bond donors (Lipinski definition) is 0. The van der Waals surface area contributed by atoms with Gasteiger partial charge < -0.3 is 0 Å². The minimum Gasteiger partial charge on any atom is -0.226 e. The summed E-state index contributed by atoms with van der Waals surface area (Å²) in [4.78, 5) is 0. The number of halogens is 5. The number of nitriles is 1. The maximum absolute atomic E-state index is 12.7. The molecule has 0 heterocycles. The van der Waals surface area contributed by atoms with Gasteiger partial charge in [0.15, 0.2) is 23.3 Å². The van der Waals surface area contributed by atoms with E-state index in [1.807, 2.05) is 0 Å². The van der Waals surface area contributed by atoms with Gasteiger partial charge in [-0.25, -0.2) is 22.0 Å². The molecule has 1 aromatic rings. The molecule has 1 rings (SSSR count). The van der Waals surface area contributed by atoms with Crippen LogP contribution in [-0.2, 0) is 0 Å². The highest BCUT2D eigenvalue weighted by atomic mass is 19.2. The van der Waals surface area contributed by atoms with Crippen molar-refractivity contribution in [2.45, 2.75) is 6.17 Å². The molecule has 0 radical (unpaired) electrons. The van der Waals surface area contributed by atoms with E-state index in [-0.39, 0.29) is 6.07 Å². The third-order valence-electron chi connectivity index (χ3n) is 1.52. The fourth-order valence-corrected chi connectivity index (χ4v) is 0.845. The van der Waals surface area contributed by atoms with Gasteiger partial charge in [-0.3, -0.25) is 0 Å². The van der Waals surface area contributed by atoms with E-state index in [1.165, 1.54) is 0 Å². The second-order valence-electron chi connectivity index (χ2n) is 2.38. The lowest BCUT2D eigenvalue weighted by atomic mass is 10.1. The maximum Gasteiger partial charge on any atom is 0.214 e. The Bertz CT molecular complexity index is 409. The molecule has 1 unspecified atom stereocenters. The van der Waals surface area contributed by atoms with Crippen molar-refractivity contribution < 1.29 is 22.0 Å². The lowest BCUT2D eigenvalue weighted by Gasteiger charge is -2.04. The number of nitrogens with zero attached hydrogens (tertiary/aromatic N) is 1. The summed E-state index contributed by atoms with van der Waals surface area (Å²) in [5, 5.41) is 8.03. The first kappa shape index (κ1) is 10.4. The van der Waals surface area contributed by atoms with Crippen molar-refractivity contribution in [1.29, 1.82) is 5.26 Å². The van der Waals surface area contributed by atoms with Gasteiger partial charge in [0, 0.05) is 5.56 Å². The zero-order valence-electron chi connectivity index (χ0n) is 6.49. The van der Waals surface area contributed by atoms with Gasteiger partial charge in [-0.15, -0.1) is 0 Å². The highest BCUT2D eigenvalue weighted by Gasteiger charge is 2.23. The lowest BCUT2D eigenvalue weighted by molar-refractivity contribution is 0.368. The molecular weight excluding hydrogens is 205 g/mol. The van der Waals surface area contributed by atoms with Gasteiger partial charge in [-0.1, -0.05) is 0 Å². The summed E-state index contributed by atoms with van der Waals surface area (Å²) in [6.07, 6.45) is -2.53. The summed E-state index contributed by atoms with van der Waals surface area (Å²) in [7, 11) is 0. The molecule has 0 aromatic heterocycles. The first-order valence-electron chi connectivity index (χ1n) is 3.35. The Hall–Kier alpha value is -1.64. The van der Waals surface area contributed by atoms with Gasteiger partial charge in [0.1, 0.15) is 6.07 Å². The highest BCUT2D eigenvalue weighted by molar-refractivity contribution is 5.26. The van der Waals surface area contributed by atoms with Crippen LogP contribution in [0, 0.1) is 34.6 Å². The number of rotatable bonds is 1. The van der Waals surface area contributed by atoms with Crippen molar-refractivity contribution in [2.24, 2.45) is 0 Å². The summed E-state index contributed by atoms with van der Waals surface area (Å²) in [6.45, 7) is 0. The van der Waals surface area contributed by atoms with Crippen molar-refractivity contribution in [3.8, 4) is 6.07 Å². The standard InChI is InChI=1S/C8H2F5N/c9-4-1-3(5(10)2-14)6(11)8(13)7(4)12/h1,5H. The molecule has 0 aliphatic carbocycles. The zero-order chi connectivity index (χ0) is 10.9. The first-order valence-corrected chi connectivity index (χ1v) is 3.35. The third kappa shape index (κ3) is 1.53. The van der Waals surface area contributed by atoms with Crippen LogP contribution in [0.3, 0.4) is 0 Å². The van der Waals surface area contributed by atoms with Gasteiger partial charge in [-0.2, -0.15) is 5.26 Å². The minimum absolute atomic E-state index is 0.113. The quantitative estimate of drug-likeness (QED) is 0.394. The molecule has 0 spiro atoms. The van der Waals surface area contributed by atoms with Crippen LogP contribution >= 0.6 is 0 Å². The second kappa shape index (κ2) is 3.62. The van der Waals surface area contributed by atoms with Crippen LogP contribution in [0.4, 0.5) is 22.0 Å². The summed E-state index contributed by atoms with van der Waals surface area (Å²) >= 11 is 0. The number of alkyl halides is 1. The minimum atomic E-state index is -2.53. The zero-order valence-corrected chi connectivity index (χ0v) is 6.49. The van der Waals surface area contributed by atoms with Crippen molar-refractivity contribution in [3.63, 3.8) is 0 Å². The van der Waals surface area contributed by atoms with Gasteiger partial charge >= 0.3 is 0 Å². The lowest BCUT2D eigenvalue weighted by Crippen LogP contribution is -2.02. The second-order valence-corrected chi connectivity index (χ2v) is 2.38. The SMILES string of the molecule is N#CC(F)c1cc(F)c(F)c(F)c1F. The fourth-order valence-electron chi connectivity index (χ4n) is 0.845. The average molecular weight is 207 g/mol. The van der Waals surface area contributed by atoms with Crippen LogP contribution in [0.25, 0.3) is 0 Å². The normalized spacial score (nSPS) is 12.3. The average Bonchev–Trinajstić information content (AvgIpc) is 2.19. The molecule has 0 fully saturated rings. The van der Waals surface area contributed by atoms with E-state index in [2.05, 4.69) is 0 Å². The summed E-state index contributed by atoms with van der Waals surface area (Å²) in [5.41, 5.74) is -1.15. The Morgan fingerprint density at radius 3 is 2.14 bits per heavy atom. The Morgan fingerprint density at radius 2 is 1.64 bits per heavy atom.